The van der Waals surface area contributed by atoms with Gasteiger partial charge in [-0.1, -0.05) is 30.3 Å². The van der Waals surface area contributed by atoms with Crippen LogP contribution in [-0.4, -0.2) is 49.2 Å². The molecule has 0 radical (unpaired) electrons. The van der Waals surface area contributed by atoms with Gasteiger partial charge in [-0.2, -0.15) is 0 Å². The second-order valence-corrected chi connectivity index (χ2v) is 7.20. The van der Waals surface area contributed by atoms with Crippen molar-refractivity contribution in [3.8, 4) is 0 Å². The Bertz CT molecular complexity index is 972. The zero-order chi connectivity index (χ0) is 20.8. The van der Waals surface area contributed by atoms with Crippen molar-refractivity contribution >= 4 is 23.1 Å². The fraction of sp³-hybridized carbons (Fsp3) is 0.261. The van der Waals surface area contributed by atoms with Crippen molar-refractivity contribution in [2.75, 3.05) is 48.5 Å². The van der Waals surface area contributed by atoms with E-state index in [1.165, 1.54) is 11.9 Å². The first-order valence-corrected chi connectivity index (χ1v) is 10.0. The number of nitrogens with zero attached hydrogens (tertiary/aromatic N) is 4. The number of rotatable bonds is 6. The molecule has 0 unspecified atom stereocenters. The number of benzene rings is 2. The van der Waals surface area contributed by atoms with Gasteiger partial charge in [-0.05, 0) is 29.8 Å². The predicted molar refractivity (Wildman–Crippen MR) is 118 cm³/mol. The summed E-state index contributed by atoms with van der Waals surface area (Å²) in [4.78, 5) is 25.4. The molecule has 0 bridgehead atoms. The Morgan fingerprint density at radius 2 is 1.80 bits per heavy atom. The topological polar surface area (TPSA) is 70.6 Å². The number of hydrogen-bond donors (Lipinski definition) is 1. The zero-order valence-electron chi connectivity index (χ0n) is 17.0. The standard InChI is InChI=1S/C23H25N5O2/c1-27(16-18-5-3-2-4-6-18)22-15-21(24-17-25-22)23(29)26-19-7-9-20(10-8-19)28-11-13-30-14-12-28/h2-10,15,17H,11-14,16H2,1H3,(H,26,29). The highest BCUT2D eigenvalue weighted by molar-refractivity contribution is 6.03. The lowest BCUT2D eigenvalue weighted by Gasteiger charge is -2.28. The van der Waals surface area contributed by atoms with E-state index in [0.29, 0.717) is 18.1 Å². The molecule has 0 spiro atoms. The first-order valence-electron chi connectivity index (χ1n) is 10.0. The van der Waals surface area contributed by atoms with E-state index in [9.17, 15) is 4.79 Å². The maximum absolute atomic E-state index is 12.7. The molecule has 154 valence electrons. The molecule has 1 N–H and O–H groups in total. The number of anilines is 3. The fourth-order valence-corrected chi connectivity index (χ4v) is 3.39. The highest BCUT2D eigenvalue weighted by atomic mass is 16.5. The number of morpholine rings is 1. The molecule has 4 rings (SSSR count). The van der Waals surface area contributed by atoms with Crippen molar-refractivity contribution in [3.63, 3.8) is 0 Å². The Balaban J connectivity index is 1.40. The molecule has 0 aliphatic carbocycles. The minimum atomic E-state index is -0.258. The third-order valence-electron chi connectivity index (χ3n) is 5.04. The molecule has 2 aromatic carbocycles. The van der Waals surface area contributed by atoms with Crippen LogP contribution in [-0.2, 0) is 11.3 Å². The van der Waals surface area contributed by atoms with Crippen LogP contribution in [0.4, 0.5) is 17.2 Å². The molecule has 7 heteroatoms. The zero-order valence-corrected chi connectivity index (χ0v) is 17.0. The number of ether oxygens (including phenoxy) is 1. The van der Waals surface area contributed by atoms with Crippen molar-refractivity contribution in [3.05, 3.63) is 78.2 Å². The Morgan fingerprint density at radius 3 is 2.53 bits per heavy atom. The summed E-state index contributed by atoms with van der Waals surface area (Å²) in [6, 6.07) is 19.7. The molecule has 1 aliphatic rings. The second-order valence-electron chi connectivity index (χ2n) is 7.20. The summed E-state index contributed by atoms with van der Waals surface area (Å²) in [6.45, 7) is 3.94. The number of carbonyl (C=O) groups is 1. The van der Waals surface area contributed by atoms with E-state index in [1.807, 2.05) is 54.4 Å². The Kier molecular flexibility index (Phi) is 6.20. The summed E-state index contributed by atoms with van der Waals surface area (Å²) in [6.07, 6.45) is 1.42. The average molecular weight is 403 g/mol. The van der Waals surface area contributed by atoms with Crippen molar-refractivity contribution in [2.24, 2.45) is 0 Å². The maximum atomic E-state index is 12.7. The normalized spacial score (nSPS) is 13.7. The number of carbonyl (C=O) groups excluding carboxylic acids is 1. The summed E-state index contributed by atoms with van der Waals surface area (Å²) in [5.74, 6) is 0.438. The van der Waals surface area contributed by atoms with Crippen molar-refractivity contribution in [1.82, 2.24) is 9.97 Å². The molecular weight excluding hydrogens is 378 g/mol. The van der Waals surface area contributed by atoms with E-state index < -0.39 is 0 Å². The van der Waals surface area contributed by atoms with Crippen LogP contribution >= 0.6 is 0 Å². The second kappa shape index (κ2) is 9.37. The van der Waals surface area contributed by atoms with Crippen LogP contribution in [0, 0.1) is 0 Å². The third kappa shape index (κ3) is 4.93. The van der Waals surface area contributed by atoms with Gasteiger partial charge in [0.05, 0.1) is 13.2 Å². The molecule has 3 aromatic rings. The van der Waals surface area contributed by atoms with Crippen LogP contribution in [0.3, 0.4) is 0 Å². The van der Waals surface area contributed by atoms with E-state index >= 15 is 0 Å². The van der Waals surface area contributed by atoms with E-state index in [0.717, 1.165) is 37.7 Å². The van der Waals surface area contributed by atoms with Crippen LogP contribution in [0.15, 0.2) is 67.0 Å². The van der Waals surface area contributed by atoms with Gasteiger partial charge in [0.25, 0.3) is 5.91 Å². The molecule has 1 saturated heterocycles. The Hall–Kier alpha value is -3.45. The average Bonchev–Trinajstić information content (AvgIpc) is 2.81. The van der Waals surface area contributed by atoms with E-state index in [4.69, 9.17) is 4.74 Å². The molecule has 1 fully saturated rings. The summed E-state index contributed by atoms with van der Waals surface area (Å²) in [7, 11) is 1.95. The van der Waals surface area contributed by atoms with Gasteiger partial charge in [0, 0.05) is 44.1 Å². The van der Waals surface area contributed by atoms with Gasteiger partial charge in [-0.25, -0.2) is 9.97 Å². The summed E-state index contributed by atoms with van der Waals surface area (Å²) in [5.41, 5.74) is 3.36. The number of nitrogens with one attached hydrogen (secondary N) is 1. The van der Waals surface area contributed by atoms with Gasteiger partial charge in [0.1, 0.15) is 17.8 Å². The van der Waals surface area contributed by atoms with Crippen molar-refractivity contribution in [1.29, 1.82) is 0 Å². The number of aromatic nitrogens is 2. The van der Waals surface area contributed by atoms with Crippen LogP contribution in [0.25, 0.3) is 0 Å². The van der Waals surface area contributed by atoms with Crippen LogP contribution in [0.1, 0.15) is 16.1 Å². The molecule has 0 atom stereocenters. The Morgan fingerprint density at radius 1 is 1.07 bits per heavy atom. The molecule has 30 heavy (non-hydrogen) atoms. The van der Waals surface area contributed by atoms with Crippen LogP contribution in [0.2, 0.25) is 0 Å². The van der Waals surface area contributed by atoms with Crippen molar-refractivity contribution < 1.29 is 9.53 Å². The first kappa shape index (κ1) is 19.8. The minimum Gasteiger partial charge on any atom is -0.378 e. The van der Waals surface area contributed by atoms with Gasteiger partial charge in [0.2, 0.25) is 0 Å². The summed E-state index contributed by atoms with van der Waals surface area (Å²) < 4.78 is 5.39. The van der Waals surface area contributed by atoms with Crippen molar-refractivity contribution in [2.45, 2.75) is 6.54 Å². The van der Waals surface area contributed by atoms with Crippen LogP contribution in [0.5, 0.6) is 0 Å². The summed E-state index contributed by atoms with van der Waals surface area (Å²) >= 11 is 0. The Labute approximate surface area is 176 Å². The molecule has 2 heterocycles. The molecule has 1 aromatic heterocycles. The van der Waals surface area contributed by atoms with Gasteiger partial charge in [0.15, 0.2) is 0 Å². The monoisotopic (exact) mass is 403 g/mol. The highest BCUT2D eigenvalue weighted by Crippen LogP contribution is 2.20. The van der Waals surface area contributed by atoms with Crippen LogP contribution < -0.4 is 15.1 Å². The SMILES string of the molecule is CN(Cc1ccccc1)c1cc(C(=O)Nc2ccc(N3CCOCC3)cc2)ncn1. The highest BCUT2D eigenvalue weighted by Gasteiger charge is 2.13. The summed E-state index contributed by atoms with van der Waals surface area (Å²) in [5, 5.41) is 2.91. The smallest absolute Gasteiger partial charge is 0.274 e. The number of hydrogen-bond acceptors (Lipinski definition) is 6. The molecular formula is C23H25N5O2. The molecule has 0 saturated carbocycles. The van der Waals surface area contributed by atoms with E-state index in [2.05, 4.69) is 32.3 Å². The lowest BCUT2D eigenvalue weighted by Crippen LogP contribution is -2.36. The number of amides is 1. The maximum Gasteiger partial charge on any atom is 0.274 e. The lowest BCUT2D eigenvalue weighted by molar-refractivity contribution is 0.102. The molecule has 7 nitrogen and oxygen atoms in total. The first-order chi connectivity index (χ1) is 14.7. The predicted octanol–water partition coefficient (Wildman–Crippen LogP) is 3.20. The molecule has 1 aliphatic heterocycles. The van der Waals surface area contributed by atoms with Gasteiger partial charge in [-0.3, -0.25) is 4.79 Å². The third-order valence-corrected chi connectivity index (χ3v) is 5.04. The largest absolute Gasteiger partial charge is 0.378 e. The van der Waals surface area contributed by atoms with Gasteiger partial charge < -0.3 is 19.9 Å². The van der Waals surface area contributed by atoms with Gasteiger partial charge >= 0.3 is 0 Å². The van der Waals surface area contributed by atoms with E-state index in [-0.39, 0.29) is 5.91 Å². The quantitative estimate of drug-likeness (QED) is 0.682. The lowest BCUT2D eigenvalue weighted by atomic mass is 10.2. The van der Waals surface area contributed by atoms with E-state index in [1.54, 1.807) is 6.07 Å². The minimum absolute atomic E-state index is 0.258. The fourth-order valence-electron chi connectivity index (χ4n) is 3.39. The molecule has 1 amide bonds. The van der Waals surface area contributed by atoms with Gasteiger partial charge in [-0.15, -0.1) is 0 Å².